The summed E-state index contributed by atoms with van der Waals surface area (Å²) in [5, 5.41) is 7.90. The van der Waals surface area contributed by atoms with Crippen LogP contribution in [0, 0.1) is 11.7 Å². The van der Waals surface area contributed by atoms with E-state index < -0.39 is 0 Å². The van der Waals surface area contributed by atoms with Gasteiger partial charge in [-0.3, -0.25) is 0 Å². The van der Waals surface area contributed by atoms with Crippen LogP contribution in [0.1, 0.15) is 26.7 Å². The van der Waals surface area contributed by atoms with Crippen molar-refractivity contribution in [1.82, 2.24) is 19.9 Å². The fourth-order valence-electron chi connectivity index (χ4n) is 2.80. The zero-order valence-electron chi connectivity index (χ0n) is 12.6. The topological polar surface area (TPSA) is 45.5 Å². The van der Waals surface area contributed by atoms with E-state index in [-0.39, 0.29) is 5.82 Å². The second-order valence-electron chi connectivity index (χ2n) is 6.08. The first kappa shape index (κ1) is 14.3. The van der Waals surface area contributed by atoms with E-state index in [1.54, 1.807) is 6.07 Å². The molecule has 0 amide bonds. The summed E-state index contributed by atoms with van der Waals surface area (Å²) >= 11 is 0. The molecule has 1 aliphatic rings. The molecule has 2 aromatic rings. The average molecular weight is 291 g/mol. The molecule has 1 aliphatic heterocycles. The number of pyridine rings is 1. The molecule has 3 heterocycles. The van der Waals surface area contributed by atoms with Crippen LogP contribution in [0.2, 0.25) is 0 Å². The monoisotopic (exact) mass is 291 g/mol. The van der Waals surface area contributed by atoms with Crippen LogP contribution in [0.4, 0.5) is 10.3 Å². The Morgan fingerprint density at radius 1 is 1.43 bits per heavy atom. The standard InChI is InChI=1S/C15H22FN5/c1-11(2)17-8-12-4-3-7-20(9-12)15-18-14-6-5-13(16)10-21(14)19-15/h5-6,10-12,17H,3-4,7-9H2,1-2H3. The van der Waals surface area contributed by atoms with Crippen molar-refractivity contribution in [3.63, 3.8) is 0 Å². The van der Waals surface area contributed by atoms with Crippen molar-refractivity contribution < 1.29 is 4.39 Å². The highest BCUT2D eigenvalue weighted by Gasteiger charge is 2.22. The number of fused-ring (bicyclic) bond motifs is 1. The first-order chi connectivity index (χ1) is 10.1. The Kier molecular flexibility index (Phi) is 4.05. The summed E-state index contributed by atoms with van der Waals surface area (Å²) in [6.45, 7) is 7.28. The van der Waals surface area contributed by atoms with Gasteiger partial charge in [-0.25, -0.2) is 8.91 Å². The maximum atomic E-state index is 13.2. The van der Waals surface area contributed by atoms with E-state index in [1.807, 2.05) is 0 Å². The lowest BCUT2D eigenvalue weighted by molar-refractivity contribution is 0.377. The Bertz CT molecular complexity index is 609. The predicted molar refractivity (Wildman–Crippen MR) is 81.0 cm³/mol. The number of nitrogens with one attached hydrogen (secondary N) is 1. The van der Waals surface area contributed by atoms with E-state index in [9.17, 15) is 4.39 Å². The van der Waals surface area contributed by atoms with Crippen LogP contribution in [0.3, 0.4) is 0 Å². The van der Waals surface area contributed by atoms with Gasteiger partial charge in [0.1, 0.15) is 5.82 Å². The number of halogens is 1. The summed E-state index contributed by atoms with van der Waals surface area (Å²) in [5.41, 5.74) is 0.689. The second-order valence-corrected chi connectivity index (χ2v) is 6.08. The van der Waals surface area contributed by atoms with Gasteiger partial charge >= 0.3 is 0 Å². The van der Waals surface area contributed by atoms with Gasteiger partial charge in [-0.2, -0.15) is 4.98 Å². The van der Waals surface area contributed by atoms with Gasteiger partial charge in [0.2, 0.25) is 5.95 Å². The molecule has 6 heteroatoms. The van der Waals surface area contributed by atoms with Gasteiger partial charge in [-0.15, -0.1) is 5.10 Å². The van der Waals surface area contributed by atoms with Gasteiger partial charge in [0.25, 0.3) is 0 Å². The number of piperidine rings is 1. The molecule has 0 aliphatic carbocycles. The molecule has 0 radical (unpaired) electrons. The zero-order chi connectivity index (χ0) is 14.8. The highest BCUT2D eigenvalue weighted by molar-refractivity contribution is 5.44. The Hall–Kier alpha value is -1.69. The van der Waals surface area contributed by atoms with Crippen LogP contribution < -0.4 is 10.2 Å². The maximum Gasteiger partial charge on any atom is 0.245 e. The molecule has 0 bridgehead atoms. The molecule has 1 fully saturated rings. The van der Waals surface area contributed by atoms with Gasteiger partial charge in [-0.05, 0) is 37.4 Å². The third kappa shape index (κ3) is 3.32. The largest absolute Gasteiger partial charge is 0.339 e. The summed E-state index contributed by atoms with van der Waals surface area (Å²) < 4.78 is 14.7. The fourth-order valence-corrected chi connectivity index (χ4v) is 2.80. The molecule has 114 valence electrons. The van der Waals surface area contributed by atoms with Crippen LogP contribution in [0.15, 0.2) is 18.3 Å². The number of rotatable bonds is 4. The predicted octanol–water partition coefficient (Wildman–Crippen LogP) is 2.08. The smallest absolute Gasteiger partial charge is 0.245 e. The summed E-state index contributed by atoms with van der Waals surface area (Å²) in [6.07, 6.45) is 3.75. The van der Waals surface area contributed by atoms with E-state index in [4.69, 9.17) is 0 Å². The van der Waals surface area contributed by atoms with Crippen LogP contribution in [0.25, 0.3) is 5.65 Å². The van der Waals surface area contributed by atoms with Crippen LogP contribution >= 0.6 is 0 Å². The Morgan fingerprint density at radius 2 is 2.29 bits per heavy atom. The number of hydrogen-bond acceptors (Lipinski definition) is 4. The van der Waals surface area contributed by atoms with Crippen molar-refractivity contribution in [2.45, 2.75) is 32.7 Å². The number of nitrogens with zero attached hydrogens (tertiary/aromatic N) is 4. The molecular formula is C15H22FN5. The highest BCUT2D eigenvalue weighted by Crippen LogP contribution is 2.21. The van der Waals surface area contributed by atoms with E-state index in [2.05, 4.69) is 34.1 Å². The molecule has 0 aromatic carbocycles. The van der Waals surface area contributed by atoms with Crippen LogP contribution in [0.5, 0.6) is 0 Å². The molecule has 21 heavy (non-hydrogen) atoms. The Labute approximate surface area is 124 Å². The lowest BCUT2D eigenvalue weighted by atomic mass is 9.98. The molecule has 3 rings (SSSR count). The van der Waals surface area contributed by atoms with Crippen molar-refractivity contribution in [3.8, 4) is 0 Å². The first-order valence-corrected chi connectivity index (χ1v) is 7.62. The maximum absolute atomic E-state index is 13.2. The minimum absolute atomic E-state index is 0.295. The van der Waals surface area contributed by atoms with Gasteiger partial charge in [-0.1, -0.05) is 13.8 Å². The minimum Gasteiger partial charge on any atom is -0.339 e. The van der Waals surface area contributed by atoms with Crippen LogP contribution in [-0.2, 0) is 0 Å². The van der Waals surface area contributed by atoms with E-state index in [0.717, 1.165) is 26.1 Å². The minimum atomic E-state index is -0.295. The molecule has 0 spiro atoms. The molecule has 5 nitrogen and oxygen atoms in total. The Balaban J connectivity index is 1.72. The SMILES string of the molecule is CC(C)NCC1CCCN(c2nc3ccc(F)cn3n2)C1. The third-order valence-electron chi connectivity index (χ3n) is 3.90. The quantitative estimate of drug-likeness (QED) is 0.937. The van der Waals surface area contributed by atoms with Crippen molar-refractivity contribution in [1.29, 1.82) is 0 Å². The van der Waals surface area contributed by atoms with Gasteiger partial charge in [0.15, 0.2) is 5.65 Å². The lowest BCUT2D eigenvalue weighted by Gasteiger charge is -2.32. The average Bonchev–Trinajstić information content (AvgIpc) is 2.88. The van der Waals surface area contributed by atoms with Gasteiger partial charge in [0.05, 0.1) is 6.20 Å². The van der Waals surface area contributed by atoms with Crippen molar-refractivity contribution >= 4 is 11.6 Å². The molecule has 0 saturated carbocycles. The Morgan fingerprint density at radius 3 is 3.10 bits per heavy atom. The number of hydrogen-bond donors (Lipinski definition) is 1. The molecular weight excluding hydrogens is 269 g/mol. The number of aromatic nitrogens is 3. The third-order valence-corrected chi connectivity index (χ3v) is 3.90. The van der Waals surface area contributed by atoms with E-state index in [0.29, 0.717) is 23.6 Å². The van der Waals surface area contributed by atoms with Gasteiger partial charge in [0, 0.05) is 19.1 Å². The molecule has 1 saturated heterocycles. The van der Waals surface area contributed by atoms with Crippen molar-refractivity contribution in [2.75, 3.05) is 24.5 Å². The van der Waals surface area contributed by atoms with E-state index >= 15 is 0 Å². The highest BCUT2D eigenvalue weighted by atomic mass is 19.1. The normalized spacial score (nSPS) is 19.6. The van der Waals surface area contributed by atoms with Crippen molar-refractivity contribution in [3.05, 3.63) is 24.1 Å². The summed E-state index contributed by atoms with van der Waals surface area (Å²) in [5.74, 6) is 1.02. The molecule has 2 aromatic heterocycles. The summed E-state index contributed by atoms with van der Waals surface area (Å²) in [7, 11) is 0. The summed E-state index contributed by atoms with van der Waals surface area (Å²) in [6, 6.07) is 3.59. The first-order valence-electron chi connectivity index (χ1n) is 7.62. The van der Waals surface area contributed by atoms with Crippen molar-refractivity contribution in [2.24, 2.45) is 5.92 Å². The van der Waals surface area contributed by atoms with Gasteiger partial charge < -0.3 is 10.2 Å². The number of anilines is 1. The fraction of sp³-hybridized carbons (Fsp3) is 0.600. The van der Waals surface area contributed by atoms with Crippen LogP contribution in [-0.4, -0.2) is 40.3 Å². The molecule has 1 atom stereocenters. The second kappa shape index (κ2) is 5.97. The zero-order valence-corrected chi connectivity index (χ0v) is 12.6. The lowest BCUT2D eigenvalue weighted by Crippen LogP contribution is -2.41. The summed E-state index contributed by atoms with van der Waals surface area (Å²) in [4.78, 5) is 6.71. The molecule has 1 N–H and O–H groups in total. The van der Waals surface area contributed by atoms with E-state index in [1.165, 1.54) is 23.2 Å². The molecule has 1 unspecified atom stereocenters.